The highest BCUT2D eigenvalue weighted by Gasteiger charge is 2.25. The molecule has 0 atom stereocenters. The molecular formula is C21H14S. The summed E-state index contributed by atoms with van der Waals surface area (Å²) >= 11 is 1.93. The first-order valence-electron chi connectivity index (χ1n) is 7.61. The van der Waals surface area contributed by atoms with Crippen molar-refractivity contribution in [1.29, 1.82) is 0 Å². The van der Waals surface area contributed by atoms with Gasteiger partial charge < -0.3 is 0 Å². The summed E-state index contributed by atoms with van der Waals surface area (Å²) in [5.74, 6) is 0. The molecule has 1 heterocycles. The van der Waals surface area contributed by atoms with E-state index in [9.17, 15) is 0 Å². The van der Waals surface area contributed by atoms with Gasteiger partial charge in [0.15, 0.2) is 0 Å². The maximum atomic E-state index is 2.36. The van der Waals surface area contributed by atoms with Crippen LogP contribution >= 0.6 is 11.3 Å². The number of hydrogen-bond acceptors (Lipinski definition) is 1. The number of hydrogen-bond donors (Lipinski definition) is 0. The lowest BCUT2D eigenvalue weighted by molar-refractivity contribution is 1.34. The molecule has 0 nitrogen and oxygen atoms in total. The van der Waals surface area contributed by atoms with Gasteiger partial charge in [-0.3, -0.25) is 0 Å². The predicted molar refractivity (Wildman–Crippen MR) is 96.2 cm³/mol. The van der Waals surface area contributed by atoms with Crippen molar-refractivity contribution in [2.75, 3.05) is 0 Å². The van der Waals surface area contributed by atoms with E-state index in [1.807, 2.05) is 11.3 Å². The Kier molecular flexibility index (Phi) is 2.53. The SMILES string of the molecule is C1=CC2=CCc3c(-c4ccc5cccccc4-5)sc(c32)C=C1. The molecule has 0 radical (unpaired) electrons. The average Bonchev–Trinajstić information content (AvgIpc) is 3.10. The molecule has 5 rings (SSSR count). The van der Waals surface area contributed by atoms with Gasteiger partial charge in [0.25, 0.3) is 0 Å². The maximum Gasteiger partial charge on any atom is 0.0396 e. The molecule has 0 amide bonds. The zero-order chi connectivity index (χ0) is 14.5. The first-order valence-corrected chi connectivity index (χ1v) is 8.42. The van der Waals surface area contributed by atoms with Gasteiger partial charge in [-0.1, -0.05) is 66.8 Å². The topological polar surface area (TPSA) is 0 Å². The van der Waals surface area contributed by atoms with Gasteiger partial charge in [-0.25, -0.2) is 0 Å². The van der Waals surface area contributed by atoms with E-state index in [1.54, 1.807) is 0 Å². The van der Waals surface area contributed by atoms with Crippen LogP contribution in [0.4, 0.5) is 0 Å². The fourth-order valence-corrected chi connectivity index (χ4v) is 4.82. The molecule has 0 saturated heterocycles. The van der Waals surface area contributed by atoms with E-state index < -0.39 is 0 Å². The van der Waals surface area contributed by atoms with Crippen molar-refractivity contribution in [3.8, 4) is 21.6 Å². The highest BCUT2D eigenvalue weighted by molar-refractivity contribution is 7.17. The van der Waals surface area contributed by atoms with Crippen LogP contribution < -0.4 is 0 Å². The van der Waals surface area contributed by atoms with E-state index in [0.29, 0.717) is 0 Å². The predicted octanol–water partition coefficient (Wildman–Crippen LogP) is 6.04. The third kappa shape index (κ3) is 1.63. The smallest absolute Gasteiger partial charge is 0.0396 e. The van der Waals surface area contributed by atoms with Crippen LogP contribution in [-0.2, 0) is 6.42 Å². The third-order valence-corrected chi connectivity index (χ3v) is 5.75. The minimum atomic E-state index is 1.06. The van der Waals surface area contributed by atoms with E-state index >= 15 is 0 Å². The minimum Gasteiger partial charge on any atom is -0.135 e. The molecule has 1 aromatic heterocycles. The van der Waals surface area contributed by atoms with Gasteiger partial charge >= 0.3 is 0 Å². The van der Waals surface area contributed by atoms with Crippen LogP contribution in [0.15, 0.2) is 66.8 Å². The first kappa shape index (κ1) is 12.2. The van der Waals surface area contributed by atoms with Crippen molar-refractivity contribution < 1.29 is 0 Å². The Morgan fingerprint density at radius 2 is 1.73 bits per heavy atom. The Bertz CT molecular complexity index is 950. The Hall–Kier alpha value is -2.38. The fourth-order valence-electron chi connectivity index (χ4n) is 3.51. The molecule has 0 N–H and O–H groups in total. The maximum absolute atomic E-state index is 2.36. The van der Waals surface area contributed by atoms with Crippen molar-refractivity contribution in [2.45, 2.75) is 6.42 Å². The molecule has 1 heteroatoms. The quantitative estimate of drug-likeness (QED) is 0.513. The molecular weight excluding hydrogens is 284 g/mol. The lowest BCUT2D eigenvalue weighted by Gasteiger charge is -2.02. The average molecular weight is 298 g/mol. The summed E-state index contributed by atoms with van der Waals surface area (Å²) in [7, 11) is 0. The second kappa shape index (κ2) is 4.56. The molecule has 0 saturated carbocycles. The first-order chi connectivity index (χ1) is 10.9. The fraction of sp³-hybridized carbons (Fsp3) is 0.0476. The standard InChI is InChI=1S/C21H14S/c1-2-6-14-10-12-17(16(14)8-3-1)21-18-13-11-15-7-4-5-9-19(22-21)20(15)18/h1-12H,13H2. The zero-order valence-electron chi connectivity index (χ0n) is 12.0. The Morgan fingerprint density at radius 3 is 2.73 bits per heavy atom. The summed E-state index contributed by atoms with van der Waals surface area (Å²) in [6, 6.07) is 15.3. The molecule has 0 aromatic carbocycles. The number of thiophene rings is 1. The molecule has 0 aliphatic heterocycles. The second-order valence-corrected chi connectivity index (χ2v) is 6.81. The van der Waals surface area contributed by atoms with Crippen LogP contribution in [0.1, 0.15) is 16.0 Å². The number of rotatable bonds is 1. The van der Waals surface area contributed by atoms with Crippen LogP contribution in [0, 0.1) is 0 Å². The molecule has 0 fully saturated rings. The lowest BCUT2D eigenvalue weighted by Crippen LogP contribution is -1.82. The van der Waals surface area contributed by atoms with Gasteiger partial charge in [0.1, 0.15) is 0 Å². The molecule has 104 valence electrons. The van der Waals surface area contributed by atoms with Crippen molar-refractivity contribution in [2.24, 2.45) is 0 Å². The van der Waals surface area contributed by atoms with Crippen LogP contribution in [-0.4, -0.2) is 0 Å². The van der Waals surface area contributed by atoms with E-state index in [2.05, 4.69) is 72.8 Å². The second-order valence-electron chi connectivity index (χ2n) is 5.76. The van der Waals surface area contributed by atoms with Crippen LogP contribution in [0.3, 0.4) is 0 Å². The van der Waals surface area contributed by atoms with Gasteiger partial charge in [0, 0.05) is 15.3 Å². The van der Waals surface area contributed by atoms with Gasteiger partial charge in [-0.2, -0.15) is 0 Å². The molecule has 0 bridgehead atoms. The minimum absolute atomic E-state index is 1.06. The molecule has 22 heavy (non-hydrogen) atoms. The van der Waals surface area contributed by atoms with Crippen LogP contribution in [0.2, 0.25) is 0 Å². The lowest BCUT2D eigenvalue weighted by atomic mass is 10.0. The van der Waals surface area contributed by atoms with Crippen LogP contribution in [0.25, 0.3) is 33.2 Å². The molecule has 1 aromatic rings. The van der Waals surface area contributed by atoms with Gasteiger partial charge in [-0.05, 0) is 40.3 Å². The monoisotopic (exact) mass is 298 g/mol. The number of fused-ring (bicyclic) bond motifs is 1. The summed E-state index contributed by atoms with van der Waals surface area (Å²) in [6.45, 7) is 0. The van der Waals surface area contributed by atoms with Crippen LogP contribution in [0.5, 0.6) is 0 Å². The molecule has 4 aliphatic carbocycles. The van der Waals surface area contributed by atoms with Gasteiger partial charge in [0.2, 0.25) is 0 Å². The Balaban J connectivity index is 1.76. The van der Waals surface area contributed by atoms with Gasteiger partial charge in [0.05, 0.1) is 0 Å². The molecule has 0 unspecified atom stereocenters. The van der Waals surface area contributed by atoms with E-state index in [4.69, 9.17) is 0 Å². The zero-order valence-corrected chi connectivity index (χ0v) is 12.9. The summed E-state index contributed by atoms with van der Waals surface area (Å²) in [5, 5.41) is 0. The summed E-state index contributed by atoms with van der Waals surface area (Å²) in [5.41, 5.74) is 8.40. The molecule has 0 spiro atoms. The van der Waals surface area contributed by atoms with Crippen molar-refractivity contribution in [1.82, 2.24) is 0 Å². The summed E-state index contributed by atoms with van der Waals surface area (Å²) in [4.78, 5) is 2.84. The van der Waals surface area contributed by atoms with E-state index in [1.165, 1.54) is 43.1 Å². The van der Waals surface area contributed by atoms with E-state index in [0.717, 1.165) is 6.42 Å². The van der Waals surface area contributed by atoms with Crippen molar-refractivity contribution >= 4 is 23.0 Å². The Morgan fingerprint density at radius 1 is 0.818 bits per heavy atom. The summed E-state index contributed by atoms with van der Waals surface area (Å²) < 4.78 is 0. The highest BCUT2D eigenvalue weighted by atomic mass is 32.1. The van der Waals surface area contributed by atoms with Crippen molar-refractivity contribution in [3.05, 3.63) is 82.8 Å². The third-order valence-electron chi connectivity index (χ3n) is 4.52. The normalized spacial score (nSPS) is 15.0. The number of allylic oxidation sites excluding steroid dienone is 5. The Labute approximate surface area is 134 Å². The largest absolute Gasteiger partial charge is 0.135 e. The molecule has 4 aliphatic rings. The van der Waals surface area contributed by atoms with Crippen molar-refractivity contribution in [3.63, 3.8) is 0 Å². The summed E-state index contributed by atoms with van der Waals surface area (Å²) in [6.07, 6.45) is 12.2. The van der Waals surface area contributed by atoms with Gasteiger partial charge in [-0.15, -0.1) is 11.3 Å². The van der Waals surface area contributed by atoms with E-state index in [-0.39, 0.29) is 0 Å². The highest BCUT2D eigenvalue weighted by Crippen LogP contribution is 2.48.